The molecule has 2 aromatic heterocycles. The minimum atomic E-state index is -0.659. The molecule has 25 heavy (non-hydrogen) atoms. The Bertz CT molecular complexity index is 749. The van der Waals surface area contributed by atoms with Gasteiger partial charge in [-0.05, 0) is 31.9 Å². The fourth-order valence-corrected chi connectivity index (χ4v) is 3.47. The number of esters is 1. The van der Waals surface area contributed by atoms with E-state index in [0.29, 0.717) is 12.8 Å². The molecule has 1 fully saturated rings. The van der Waals surface area contributed by atoms with Gasteiger partial charge in [0.25, 0.3) is 0 Å². The zero-order valence-corrected chi connectivity index (χ0v) is 14.8. The van der Waals surface area contributed by atoms with Crippen molar-refractivity contribution in [1.82, 2.24) is 15.3 Å². The van der Waals surface area contributed by atoms with Gasteiger partial charge in [0.15, 0.2) is 6.10 Å². The molecule has 7 nitrogen and oxygen atoms in total. The molecule has 1 saturated heterocycles. The maximum Gasteiger partial charge on any atom is 0.335 e. The Labute approximate surface area is 149 Å². The molecule has 1 aliphatic heterocycles. The van der Waals surface area contributed by atoms with E-state index >= 15 is 0 Å². The third-order valence-electron chi connectivity index (χ3n) is 3.98. The second-order valence-electron chi connectivity index (χ2n) is 5.76. The summed E-state index contributed by atoms with van der Waals surface area (Å²) in [5.74, 6) is -0.679. The third-order valence-corrected chi connectivity index (χ3v) is 5.01. The van der Waals surface area contributed by atoms with E-state index in [2.05, 4.69) is 20.0 Å². The van der Waals surface area contributed by atoms with Crippen molar-refractivity contribution < 1.29 is 19.1 Å². The Morgan fingerprint density at radius 2 is 2.20 bits per heavy atom. The molecule has 0 radical (unpaired) electrons. The Hall–Kier alpha value is -2.32. The zero-order chi connectivity index (χ0) is 17.8. The van der Waals surface area contributed by atoms with Crippen molar-refractivity contribution in [2.24, 2.45) is 0 Å². The normalized spacial score (nSPS) is 20.9. The van der Waals surface area contributed by atoms with Crippen molar-refractivity contribution in [2.45, 2.75) is 38.0 Å². The number of hydrogen-bond acceptors (Lipinski definition) is 7. The molecule has 3 heterocycles. The number of amides is 1. The van der Waals surface area contributed by atoms with Gasteiger partial charge in [0, 0.05) is 23.3 Å². The van der Waals surface area contributed by atoms with Crippen molar-refractivity contribution in [3.8, 4) is 11.3 Å². The van der Waals surface area contributed by atoms with Gasteiger partial charge >= 0.3 is 5.97 Å². The van der Waals surface area contributed by atoms with Crippen LogP contribution in [0.4, 0.5) is 0 Å². The maximum absolute atomic E-state index is 12.3. The van der Waals surface area contributed by atoms with Gasteiger partial charge in [0.05, 0.1) is 18.8 Å². The molecule has 3 atom stereocenters. The van der Waals surface area contributed by atoms with Crippen LogP contribution in [0.1, 0.15) is 30.8 Å². The second-order valence-corrected chi connectivity index (χ2v) is 6.65. The van der Waals surface area contributed by atoms with Crippen molar-refractivity contribution >= 4 is 23.2 Å². The molecule has 0 aromatic carbocycles. The highest BCUT2D eigenvalue weighted by atomic mass is 32.1. The lowest BCUT2D eigenvalue weighted by Crippen LogP contribution is -2.37. The summed E-state index contributed by atoms with van der Waals surface area (Å²) in [6, 6.07) is 3.55. The lowest BCUT2D eigenvalue weighted by atomic mass is 10.2. The Morgan fingerprint density at radius 1 is 1.40 bits per heavy atom. The number of rotatable bonds is 5. The average molecular weight is 361 g/mol. The van der Waals surface area contributed by atoms with Gasteiger partial charge in [-0.3, -0.25) is 9.78 Å². The first-order chi connectivity index (χ1) is 12.1. The van der Waals surface area contributed by atoms with Crippen LogP contribution in [0.3, 0.4) is 0 Å². The van der Waals surface area contributed by atoms with Crippen LogP contribution in [-0.4, -0.2) is 41.2 Å². The van der Waals surface area contributed by atoms with Crippen LogP contribution in [0, 0.1) is 0 Å². The fourth-order valence-electron chi connectivity index (χ4n) is 2.64. The predicted octanol–water partition coefficient (Wildman–Crippen LogP) is 2.10. The van der Waals surface area contributed by atoms with Gasteiger partial charge in [-0.15, -0.1) is 11.3 Å². The Kier molecular flexibility index (Phi) is 5.40. The number of thiazole rings is 1. The molecule has 0 bridgehead atoms. The number of carbonyl (C=O) groups excluding carboxylic acids is 2. The first-order valence-electron chi connectivity index (χ1n) is 7.98. The molecule has 0 saturated carbocycles. The highest BCUT2D eigenvalue weighted by Gasteiger charge is 2.36. The minimum absolute atomic E-state index is 0.239. The summed E-state index contributed by atoms with van der Waals surface area (Å²) in [6.45, 7) is 1.87. The molecule has 8 heteroatoms. The molecule has 0 unspecified atom stereocenters. The lowest BCUT2D eigenvalue weighted by Gasteiger charge is -2.16. The second kappa shape index (κ2) is 7.71. The summed E-state index contributed by atoms with van der Waals surface area (Å²) in [6.07, 6.45) is 3.15. The van der Waals surface area contributed by atoms with Crippen molar-refractivity contribution in [3.05, 3.63) is 34.9 Å². The quantitative estimate of drug-likeness (QED) is 0.820. The van der Waals surface area contributed by atoms with Gasteiger partial charge in [0.2, 0.25) is 5.91 Å². The van der Waals surface area contributed by atoms with Gasteiger partial charge in [-0.1, -0.05) is 0 Å². The number of carbonyl (C=O) groups is 2. The molecule has 0 spiro atoms. The number of nitrogens with zero attached hydrogens (tertiary/aromatic N) is 2. The van der Waals surface area contributed by atoms with Crippen LogP contribution >= 0.6 is 11.3 Å². The van der Waals surface area contributed by atoms with E-state index in [0.717, 1.165) is 16.3 Å². The Morgan fingerprint density at radius 3 is 2.92 bits per heavy atom. The van der Waals surface area contributed by atoms with Gasteiger partial charge < -0.3 is 14.8 Å². The number of hydrogen-bond donors (Lipinski definition) is 1. The van der Waals surface area contributed by atoms with E-state index in [-0.39, 0.29) is 11.9 Å². The zero-order valence-electron chi connectivity index (χ0n) is 14.0. The molecule has 2 aromatic rings. The summed E-state index contributed by atoms with van der Waals surface area (Å²) < 4.78 is 10.1. The van der Waals surface area contributed by atoms with E-state index in [1.54, 1.807) is 12.4 Å². The fraction of sp³-hybridized carbons (Fsp3) is 0.412. The highest BCUT2D eigenvalue weighted by Crippen LogP contribution is 2.26. The van der Waals surface area contributed by atoms with Crippen LogP contribution in [-0.2, 0) is 19.1 Å². The monoisotopic (exact) mass is 361 g/mol. The molecule has 1 aliphatic rings. The van der Waals surface area contributed by atoms with Crippen LogP contribution in [0.15, 0.2) is 29.9 Å². The highest BCUT2D eigenvalue weighted by molar-refractivity contribution is 7.10. The molecular weight excluding hydrogens is 342 g/mol. The summed E-state index contributed by atoms with van der Waals surface area (Å²) in [5.41, 5.74) is 1.76. The molecular formula is C17H19N3O4S. The minimum Gasteiger partial charge on any atom is -0.467 e. The van der Waals surface area contributed by atoms with Gasteiger partial charge in [-0.25, -0.2) is 9.78 Å². The standard InChI is InChI=1S/C17H19N3O4S/c1-10(16-20-12(9-25-16)11-4-3-7-18-8-11)19-15(21)13-5-6-14(24-13)17(22)23-2/h3-4,7-10,13-14H,5-6H2,1-2H3,(H,19,21)/t10-,13+,14+/m1/s1. The van der Waals surface area contributed by atoms with Crippen molar-refractivity contribution in [1.29, 1.82) is 0 Å². The number of aromatic nitrogens is 2. The van der Waals surface area contributed by atoms with Crippen molar-refractivity contribution in [2.75, 3.05) is 7.11 Å². The number of pyridine rings is 1. The largest absolute Gasteiger partial charge is 0.467 e. The smallest absolute Gasteiger partial charge is 0.335 e. The van der Waals surface area contributed by atoms with E-state index in [1.807, 2.05) is 24.4 Å². The van der Waals surface area contributed by atoms with Crippen LogP contribution < -0.4 is 5.32 Å². The molecule has 132 valence electrons. The van der Waals surface area contributed by atoms with E-state index in [9.17, 15) is 9.59 Å². The first-order valence-corrected chi connectivity index (χ1v) is 8.86. The van der Waals surface area contributed by atoms with E-state index < -0.39 is 18.2 Å². The SMILES string of the molecule is COC(=O)[C@@H]1CC[C@@H](C(=O)N[C@H](C)c2nc(-c3cccnc3)cs2)O1. The van der Waals surface area contributed by atoms with Gasteiger partial charge in [-0.2, -0.15) is 0 Å². The first kappa shape index (κ1) is 17.5. The summed E-state index contributed by atoms with van der Waals surface area (Å²) in [7, 11) is 1.31. The van der Waals surface area contributed by atoms with Crippen LogP contribution in [0.5, 0.6) is 0 Å². The number of nitrogens with one attached hydrogen (secondary N) is 1. The lowest BCUT2D eigenvalue weighted by molar-refractivity contribution is -0.155. The summed E-state index contributed by atoms with van der Waals surface area (Å²) in [5, 5.41) is 5.64. The van der Waals surface area contributed by atoms with Gasteiger partial charge in [0.1, 0.15) is 11.1 Å². The molecule has 3 rings (SSSR count). The number of ether oxygens (including phenoxy) is 2. The molecule has 1 amide bonds. The van der Waals surface area contributed by atoms with E-state index in [1.165, 1.54) is 18.4 Å². The predicted molar refractivity (Wildman–Crippen MR) is 91.8 cm³/mol. The van der Waals surface area contributed by atoms with Crippen LogP contribution in [0.2, 0.25) is 0 Å². The molecule has 0 aliphatic carbocycles. The van der Waals surface area contributed by atoms with E-state index in [4.69, 9.17) is 4.74 Å². The Balaban J connectivity index is 1.59. The number of methoxy groups -OCH3 is 1. The van der Waals surface area contributed by atoms with Crippen LogP contribution in [0.25, 0.3) is 11.3 Å². The average Bonchev–Trinajstić information content (AvgIpc) is 3.31. The molecule has 1 N–H and O–H groups in total. The third kappa shape index (κ3) is 4.02. The maximum atomic E-state index is 12.3. The topological polar surface area (TPSA) is 90.4 Å². The summed E-state index contributed by atoms with van der Waals surface area (Å²) >= 11 is 1.48. The van der Waals surface area contributed by atoms with Crippen molar-refractivity contribution in [3.63, 3.8) is 0 Å². The summed E-state index contributed by atoms with van der Waals surface area (Å²) in [4.78, 5) is 32.5.